The first-order chi connectivity index (χ1) is 19.6. The molecule has 3 aromatic carbocycles. The number of alkyl carbamates (subject to hydrolysis) is 1. The van der Waals surface area contributed by atoms with Crippen molar-refractivity contribution < 1.29 is 32.6 Å². The van der Waals surface area contributed by atoms with Gasteiger partial charge in [-0.1, -0.05) is 36.4 Å². The summed E-state index contributed by atoms with van der Waals surface area (Å²) >= 11 is 0. The van der Waals surface area contributed by atoms with Crippen molar-refractivity contribution in [1.82, 2.24) is 5.32 Å². The fraction of sp³-hybridized carbons (Fsp3) is 0.312. The molecule has 1 amide bonds. The van der Waals surface area contributed by atoms with Crippen molar-refractivity contribution in [2.24, 2.45) is 0 Å². The van der Waals surface area contributed by atoms with E-state index in [-0.39, 0.29) is 18.9 Å². The highest BCUT2D eigenvalue weighted by Gasteiger charge is 2.27. The Morgan fingerprint density at radius 1 is 1.10 bits per heavy atom. The Morgan fingerprint density at radius 2 is 1.88 bits per heavy atom. The molecule has 4 aromatic rings. The predicted octanol–water partition coefficient (Wildman–Crippen LogP) is 6.91. The number of nitrogens with one attached hydrogen (secondary N) is 2. The molecule has 214 valence electrons. The van der Waals surface area contributed by atoms with Gasteiger partial charge in [-0.05, 0) is 51.5 Å². The van der Waals surface area contributed by atoms with E-state index in [0.29, 0.717) is 41.2 Å². The van der Waals surface area contributed by atoms with Gasteiger partial charge in [0.25, 0.3) is 0 Å². The van der Waals surface area contributed by atoms with Crippen LogP contribution in [0, 0.1) is 5.82 Å². The number of para-hydroxylation sites is 1. The zero-order valence-corrected chi connectivity index (χ0v) is 23.5. The number of ether oxygens (including phenoxy) is 3. The van der Waals surface area contributed by atoms with E-state index in [1.807, 2.05) is 24.3 Å². The Labute approximate surface area is 237 Å². The van der Waals surface area contributed by atoms with Crippen LogP contribution < -0.4 is 15.4 Å². The molecule has 0 saturated heterocycles. The highest BCUT2D eigenvalue weighted by atomic mass is 19.1. The highest BCUT2D eigenvalue weighted by molar-refractivity contribution is 5.87. The zero-order chi connectivity index (χ0) is 29.1. The second kappa shape index (κ2) is 11.5. The molecule has 1 aromatic heterocycles. The number of esters is 1. The summed E-state index contributed by atoms with van der Waals surface area (Å²) in [6.07, 6.45) is 0.730. The molecule has 8 nitrogen and oxygen atoms in total. The summed E-state index contributed by atoms with van der Waals surface area (Å²) in [5.41, 5.74) is 3.71. The fourth-order valence-corrected chi connectivity index (χ4v) is 4.82. The van der Waals surface area contributed by atoms with Crippen LogP contribution in [0.4, 0.5) is 14.9 Å². The average molecular weight is 561 g/mol. The second-order valence-corrected chi connectivity index (χ2v) is 10.8. The minimum absolute atomic E-state index is 0.0110. The van der Waals surface area contributed by atoms with E-state index >= 15 is 4.39 Å². The van der Waals surface area contributed by atoms with Crippen LogP contribution in [0.3, 0.4) is 0 Å². The van der Waals surface area contributed by atoms with Gasteiger partial charge in [0.2, 0.25) is 0 Å². The van der Waals surface area contributed by atoms with E-state index in [9.17, 15) is 9.59 Å². The van der Waals surface area contributed by atoms with Crippen molar-refractivity contribution in [1.29, 1.82) is 0 Å². The lowest BCUT2D eigenvalue weighted by Crippen LogP contribution is -2.32. The van der Waals surface area contributed by atoms with Gasteiger partial charge in [-0.25, -0.2) is 9.18 Å². The molecule has 0 spiro atoms. The molecule has 5 rings (SSSR count). The molecular weight excluding hydrogens is 527 g/mol. The number of amides is 1. The number of carbonyl (C=O) groups is 2. The third-order valence-electron chi connectivity index (χ3n) is 6.64. The van der Waals surface area contributed by atoms with Crippen LogP contribution in [0.25, 0.3) is 22.1 Å². The van der Waals surface area contributed by atoms with Gasteiger partial charge >= 0.3 is 12.1 Å². The van der Waals surface area contributed by atoms with Gasteiger partial charge in [0, 0.05) is 34.2 Å². The average Bonchev–Trinajstić information content (AvgIpc) is 3.35. The number of carbonyl (C=O) groups excluding carboxylic acids is 2. The van der Waals surface area contributed by atoms with Gasteiger partial charge in [0.05, 0.1) is 31.5 Å². The molecule has 2 heterocycles. The van der Waals surface area contributed by atoms with Crippen molar-refractivity contribution in [2.45, 2.75) is 52.4 Å². The predicted molar refractivity (Wildman–Crippen MR) is 153 cm³/mol. The number of anilines is 1. The molecule has 1 unspecified atom stereocenters. The summed E-state index contributed by atoms with van der Waals surface area (Å²) in [5, 5.41) is 6.79. The summed E-state index contributed by atoms with van der Waals surface area (Å²) in [6, 6.07) is 16.2. The monoisotopic (exact) mass is 560 g/mol. The van der Waals surface area contributed by atoms with E-state index in [1.54, 1.807) is 64.3 Å². The van der Waals surface area contributed by atoms with Crippen LogP contribution in [-0.2, 0) is 27.2 Å². The molecular formula is C32H33FN2O6. The summed E-state index contributed by atoms with van der Waals surface area (Å²) in [7, 11) is 0. The van der Waals surface area contributed by atoms with Crippen LogP contribution in [0.15, 0.2) is 65.3 Å². The van der Waals surface area contributed by atoms with Crippen molar-refractivity contribution >= 4 is 28.7 Å². The maximum Gasteiger partial charge on any atom is 0.407 e. The van der Waals surface area contributed by atoms with Crippen LogP contribution in [0.2, 0.25) is 0 Å². The van der Waals surface area contributed by atoms with Gasteiger partial charge in [-0.3, -0.25) is 4.79 Å². The number of furan rings is 1. The minimum Gasteiger partial charge on any atom is -0.481 e. The zero-order valence-electron chi connectivity index (χ0n) is 23.5. The topological polar surface area (TPSA) is 99.0 Å². The van der Waals surface area contributed by atoms with Crippen LogP contribution in [-0.4, -0.2) is 30.8 Å². The Balaban J connectivity index is 1.40. The maximum absolute atomic E-state index is 15.6. The summed E-state index contributed by atoms with van der Waals surface area (Å²) in [5.74, 6) is -0.157. The van der Waals surface area contributed by atoms with Crippen molar-refractivity contribution in [2.75, 3.05) is 18.5 Å². The first-order valence-electron chi connectivity index (χ1n) is 13.6. The first kappa shape index (κ1) is 28.0. The largest absolute Gasteiger partial charge is 0.481 e. The summed E-state index contributed by atoms with van der Waals surface area (Å²) < 4.78 is 38.2. The molecule has 1 aliphatic rings. The second-order valence-electron chi connectivity index (χ2n) is 10.8. The van der Waals surface area contributed by atoms with E-state index < -0.39 is 23.6 Å². The number of fused-ring (bicyclic) bond motifs is 2. The summed E-state index contributed by atoms with van der Waals surface area (Å²) in [4.78, 5) is 24.2. The lowest BCUT2D eigenvalue weighted by Gasteiger charge is -2.28. The molecule has 1 aliphatic heterocycles. The fourth-order valence-electron chi connectivity index (χ4n) is 4.82. The number of rotatable bonds is 7. The lowest BCUT2D eigenvalue weighted by molar-refractivity contribution is -0.142. The number of hydrogen-bond donors (Lipinski definition) is 2. The summed E-state index contributed by atoms with van der Waals surface area (Å²) in [6.45, 7) is 7.85. The van der Waals surface area contributed by atoms with Crippen molar-refractivity contribution in [3.63, 3.8) is 0 Å². The third kappa shape index (κ3) is 6.29. The van der Waals surface area contributed by atoms with E-state index in [2.05, 4.69) is 10.6 Å². The Morgan fingerprint density at radius 3 is 2.66 bits per heavy atom. The quantitative estimate of drug-likeness (QED) is 0.237. The normalized spacial score (nSPS) is 14.5. The smallest absolute Gasteiger partial charge is 0.407 e. The molecule has 1 atom stereocenters. The Kier molecular flexibility index (Phi) is 7.88. The third-order valence-corrected chi connectivity index (χ3v) is 6.64. The molecule has 0 aliphatic carbocycles. The molecule has 0 radical (unpaired) electrons. The number of halogens is 1. The molecule has 9 heteroatoms. The van der Waals surface area contributed by atoms with Gasteiger partial charge in [0.15, 0.2) is 0 Å². The highest BCUT2D eigenvalue weighted by Crippen LogP contribution is 2.40. The Hall–Kier alpha value is -4.53. The maximum atomic E-state index is 15.6. The van der Waals surface area contributed by atoms with E-state index in [0.717, 1.165) is 22.2 Å². The molecule has 0 bridgehead atoms. The number of benzene rings is 3. The van der Waals surface area contributed by atoms with Gasteiger partial charge < -0.3 is 29.3 Å². The molecule has 0 saturated carbocycles. The number of hydrogen-bond acceptors (Lipinski definition) is 7. The first-order valence-corrected chi connectivity index (χ1v) is 13.6. The van der Waals surface area contributed by atoms with E-state index in [4.69, 9.17) is 18.6 Å². The minimum atomic E-state index is -0.649. The Bertz CT molecular complexity index is 1590. The van der Waals surface area contributed by atoms with Crippen LogP contribution >= 0.6 is 0 Å². The van der Waals surface area contributed by atoms with E-state index in [1.165, 1.54) is 0 Å². The van der Waals surface area contributed by atoms with Crippen molar-refractivity contribution in [3.05, 3.63) is 83.4 Å². The molecule has 41 heavy (non-hydrogen) atoms. The molecule has 0 fully saturated rings. The van der Waals surface area contributed by atoms with Crippen LogP contribution in [0.5, 0.6) is 5.75 Å². The molecule has 2 N–H and O–H groups in total. The van der Waals surface area contributed by atoms with Crippen LogP contribution in [0.1, 0.15) is 50.5 Å². The SMILES string of the molecule is CCOC(=O)Cc1cccc2c1OC(c1coc3ccc(-c4cccc(CNC(=O)OC(C)(C)C)c4F)cc13)CN2. The van der Waals surface area contributed by atoms with Gasteiger partial charge in [-0.2, -0.15) is 0 Å². The van der Waals surface area contributed by atoms with Gasteiger partial charge in [0.1, 0.15) is 28.9 Å². The van der Waals surface area contributed by atoms with Crippen molar-refractivity contribution in [3.8, 4) is 16.9 Å². The lowest BCUT2D eigenvalue weighted by atomic mass is 9.98. The standard InChI is InChI=1S/C32H33FN2O6/c1-5-38-28(36)15-20-8-7-11-25-30(20)40-27(17-34-25)24-18-39-26-13-12-19(14-23(24)26)22-10-6-9-21(29(22)33)16-35-31(37)41-32(2,3)4/h6-14,18,27,34H,5,15-17H2,1-4H3,(H,35,37). The van der Waals surface area contributed by atoms with Gasteiger partial charge in [-0.15, -0.1) is 0 Å².